The van der Waals surface area contributed by atoms with Crippen LogP contribution < -0.4 is 5.69 Å². The first-order chi connectivity index (χ1) is 13.0. The molecule has 0 radical (unpaired) electrons. The minimum atomic E-state index is -4.64. The van der Waals surface area contributed by atoms with Crippen molar-refractivity contribution in [3.8, 4) is 0 Å². The number of hydrogen-bond acceptors (Lipinski definition) is 6. The van der Waals surface area contributed by atoms with Gasteiger partial charge in [0.05, 0.1) is 6.54 Å². The van der Waals surface area contributed by atoms with Gasteiger partial charge in [-0.25, -0.2) is 24.2 Å². The maximum absolute atomic E-state index is 12.8. The molecule has 2 aromatic heterocycles. The first kappa shape index (κ1) is 20.0. The Morgan fingerprint density at radius 2 is 1.89 bits per heavy atom. The average molecular weight is 399 g/mol. The lowest BCUT2D eigenvalue weighted by molar-refractivity contribution is -0.159. The molecule has 152 valence electrons. The maximum atomic E-state index is 12.8. The Labute approximate surface area is 158 Å². The van der Waals surface area contributed by atoms with Crippen molar-refractivity contribution in [3.63, 3.8) is 0 Å². The van der Waals surface area contributed by atoms with E-state index in [9.17, 15) is 22.8 Å². The zero-order valence-electron chi connectivity index (χ0n) is 15.7. The molecule has 28 heavy (non-hydrogen) atoms. The van der Waals surface area contributed by atoms with Crippen molar-refractivity contribution >= 4 is 5.97 Å². The van der Waals surface area contributed by atoms with Crippen molar-refractivity contribution in [1.82, 2.24) is 24.3 Å². The molecule has 1 aliphatic rings. The van der Waals surface area contributed by atoms with Gasteiger partial charge in [-0.05, 0) is 33.6 Å². The monoisotopic (exact) mass is 399 g/mol. The summed E-state index contributed by atoms with van der Waals surface area (Å²) in [6, 6.07) is -0.770. The largest absolute Gasteiger partial charge is 0.458 e. The first-order valence-electron chi connectivity index (χ1n) is 8.75. The number of alkyl halides is 3. The fraction of sp³-hybridized carbons (Fsp3) is 0.588. The van der Waals surface area contributed by atoms with Crippen molar-refractivity contribution in [2.75, 3.05) is 0 Å². The molecule has 1 atom stereocenters. The quantitative estimate of drug-likeness (QED) is 0.735. The SMILES string of the molecule is CC(C)(C)OC(=O)[C@@H]1CCCc2nn(Cc3cnc(C(F)(F)F)nc3)c(=O)n21. The highest BCUT2D eigenvalue weighted by Crippen LogP contribution is 2.26. The summed E-state index contributed by atoms with van der Waals surface area (Å²) in [6.45, 7) is 5.13. The summed E-state index contributed by atoms with van der Waals surface area (Å²) in [6.07, 6.45) is -0.979. The lowest BCUT2D eigenvalue weighted by Gasteiger charge is -2.26. The molecule has 0 unspecified atom stereocenters. The molecule has 0 spiro atoms. The second-order valence-electron chi connectivity index (χ2n) is 7.58. The van der Waals surface area contributed by atoms with Crippen LogP contribution in [0.2, 0.25) is 0 Å². The standard InChI is InChI=1S/C17H20F3N5O3/c1-16(2,3)28-13(26)11-5-4-6-12-23-24(15(27)25(11)12)9-10-7-21-14(22-8-10)17(18,19)20/h7-8,11H,4-6,9H2,1-3H3/t11-/m0/s1. The summed E-state index contributed by atoms with van der Waals surface area (Å²) < 4.78 is 45.5. The van der Waals surface area contributed by atoms with Gasteiger partial charge in [0.25, 0.3) is 0 Å². The lowest BCUT2D eigenvalue weighted by atomic mass is 10.0. The number of carbonyl (C=O) groups excluding carboxylic acids is 1. The molecule has 3 rings (SSSR count). The van der Waals surface area contributed by atoms with Gasteiger partial charge >= 0.3 is 17.8 Å². The second kappa shape index (κ2) is 7.02. The number of esters is 1. The minimum absolute atomic E-state index is 0.0992. The number of fused-ring (bicyclic) bond motifs is 1. The van der Waals surface area contributed by atoms with Gasteiger partial charge in [0, 0.05) is 24.4 Å². The number of ether oxygens (including phenoxy) is 1. The molecule has 3 heterocycles. The molecule has 0 aromatic carbocycles. The molecule has 0 aliphatic carbocycles. The molecule has 0 N–H and O–H groups in total. The topological polar surface area (TPSA) is 91.9 Å². The van der Waals surface area contributed by atoms with Gasteiger partial charge in [-0.15, -0.1) is 0 Å². The molecule has 11 heteroatoms. The van der Waals surface area contributed by atoms with Gasteiger partial charge in [0.2, 0.25) is 5.82 Å². The first-order valence-corrected chi connectivity index (χ1v) is 8.75. The van der Waals surface area contributed by atoms with Gasteiger partial charge in [0.15, 0.2) is 0 Å². The molecular formula is C17H20F3N5O3. The van der Waals surface area contributed by atoms with Crippen LogP contribution in [0.3, 0.4) is 0 Å². The smallest absolute Gasteiger partial charge is 0.451 e. The molecule has 0 saturated carbocycles. The highest BCUT2D eigenvalue weighted by atomic mass is 19.4. The highest BCUT2D eigenvalue weighted by Gasteiger charge is 2.35. The highest BCUT2D eigenvalue weighted by molar-refractivity contribution is 5.74. The molecule has 0 saturated heterocycles. The van der Waals surface area contributed by atoms with Crippen molar-refractivity contribution in [1.29, 1.82) is 0 Å². The second-order valence-corrected chi connectivity index (χ2v) is 7.58. The van der Waals surface area contributed by atoms with Gasteiger partial charge in [-0.3, -0.25) is 4.57 Å². The summed E-state index contributed by atoms with van der Waals surface area (Å²) in [5, 5.41) is 4.23. The number of carbonyl (C=O) groups is 1. The Kier molecular flexibility index (Phi) is 5.02. The van der Waals surface area contributed by atoms with Crippen LogP contribution >= 0.6 is 0 Å². The predicted molar refractivity (Wildman–Crippen MR) is 90.4 cm³/mol. The minimum Gasteiger partial charge on any atom is -0.458 e. The third-order valence-corrected chi connectivity index (χ3v) is 4.10. The number of rotatable bonds is 3. The fourth-order valence-electron chi connectivity index (χ4n) is 2.98. The van der Waals surface area contributed by atoms with Crippen LogP contribution in [-0.4, -0.2) is 35.9 Å². The Hall–Kier alpha value is -2.72. The van der Waals surface area contributed by atoms with E-state index in [1.54, 1.807) is 20.8 Å². The van der Waals surface area contributed by atoms with Crippen LogP contribution in [0.1, 0.15) is 56.9 Å². The Morgan fingerprint density at radius 3 is 2.46 bits per heavy atom. The van der Waals surface area contributed by atoms with Crippen LogP contribution in [0, 0.1) is 0 Å². The molecular weight excluding hydrogens is 379 g/mol. The van der Waals surface area contributed by atoms with Crippen LogP contribution in [0.15, 0.2) is 17.2 Å². The number of aryl methyl sites for hydroxylation is 1. The van der Waals surface area contributed by atoms with Crippen LogP contribution in [0.4, 0.5) is 13.2 Å². The summed E-state index contributed by atoms with van der Waals surface area (Å²) in [5.41, 5.74) is -0.920. The summed E-state index contributed by atoms with van der Waals surface area (Å²) >= 11 is 0. The fourth-order valence-corrected chi connectivity index (χ4v) is 2.98. The number of hydrogen-bond donors (Lipinski definition) is 0. The van der Waals surface area contributed by atoms with E-state index in [1.807, 2.05) is 0 Å². The van der Waals surface area contributed by atoms with Gasteiger partial charge in [-0.2, -0.15) is 18.3 Å². The van der Waals surface area contributed by atoms with E-state index in [0.29, 0.717) is 30.7 Å². The number of aromatic nitrogens is 5. The molecule has 2 aromatic rings. The van der Waals surface area contributed by atoms with E-state index in [0.717, 1.165) is 17.1 Å². The number of halogens is 3. The van der Waals surface area contributed by atoms with Crippen molar-refractivity contribution in [3.05, 3.63) is 40.1 Å². The van der Waals surface area contributed by atoms with E-state index in [4.69, 9.17) is 4.74 Å². The molecule has 0 fully saturated rings. The summed E-state index contributed by atoms with van der Waals surface area (Å²) in [4.78, 5) is 31.8. The van der Waals surface area contributed by atoms with E-state index >= 15 is 0 Å². The molecule has 0 amide bonds. The van der Waals surface area contributed by atoms with Gasteiger partial charge < -0.3 is 4.74 Å². The van der Waals surface area contributed by atoms with Crippen LogP contribution in [-0.2, 0) is 28.7 Å². The Bertz CT molecular complexity index is 925. The van der Waals surface area contributed by atoms with Gasteiger partial charge in [-0.1, -0.05) is 0 Å². The summed E-state index contributed by atoms with van der Waals surface area (Å²) in [7, 11) is 0. The predicted octanol–water partition coefficient (Wildman–Crippen LogP) is 2.12. The van der Waals surface area contributed by atoms with E-state index < -0.39 is 35.3 Å². The Balaban J connectivity index is 1.86. The molecule has 0 bridgehead atoms. The molecule has 8 nitrogen and oxygen atoms in total. The van der Waals surface area contributed by atoms with E-state index in [2.05, 4.69) is 15.1 Å². The lowest BCUT2D eigenvalue weighted by Crippen LogP contribution is -2.38. The third kappa shape index (κ3) is 4.23. The zero-order valence-corrected chi connectivity index (χ0v) is 15.7. The third-order valence-electron chi connectivity index (χ3n) is 4.10. The van der Waals surface area contributed by atoms with Crippen molar-refractivity contribution in [2.24, 2.45) is 0 Å². The van der Waals surface area contributed by atoms with Crippen LogP contribution in [0.25, 0.3) is 0 Å². The van der Waals surface area contributed by atoms with E-state index in [-0.39, 0.29) is 6.54 Å². The van der Waals surface area contributed by atoms with Crippen molar-refractivity contribution in [2.45, 2.75) is 64.4 Å². The Morgan fingerprint density at radius 1 is 1.25 bits per heavy atom. The number of nitrogens with zero attached hydrogens (tertiary/aromatic N) is 5. The van der Waals surface area contributed by atoms with E-state index in [1.165, 1.54) is 4.57 Å². The van der Waals surface area contributed by atoms with Gasteiger partial charge in [0.1, 0.15) is 17.5 Å². The normalized spacial score (nSPS) is 17.3. The maximum Gasteiger partial charge on any atom is 0.451 e. The van der Waals surface area contributed by atoms with Crippen molar-refractivity contribution < 1.29 is 22.7 Å². The van der Waals surface area contributed by atoms with Crippen LogP contribution in [0.5, 0.6) is 0 Å². The molecule has 1 aliphatic heterocycles. The average Bonchev–Trinajstić information content (AvgIpc) is 2.89. The summed E-state index contributed by atoms with van der Waals surface area (Å²) in [5.74, 6) is -1.31. The zero-order chi connectivity index (χ0) is 20.7.